The maximum atomic E-state index is 8.88. The predicted octanol–water partition coefficient (Wildman–Crippen LogP) is 3.83. The van der Waals surface area contributed by atoms with E-state index in [0.717, 1.165) is 15.7 Å². The van der Waals surface area contributed by atoms with Gasteiger partial charge < -0.3 is 15.8 Å². The molecule has 2 rings (SSSR count). The quantitative estimate of drug-likeness (QED) is 0.373. The highest BCUT2D eigenvalue weighted by Crippen LogP contribution is 2.26. The second kappa shape index (κ2) is 6.83. The molecule has 3 N–H and O–H groups in total. The molecular formula is C15H15BrClN3O. The molecule has 0 aliphatic heterocycles. The van der Waals surface area contributed by atoms with Gasteiger partial charge in [-0.3, -0.25) is 0 Å². The Bertz CT molecular complexity index is 676. The van der Waals surface area contributed by atoms with Crippen molar-refractivity contribution in [1.82, 2.24) is 0 Å². The lowest BCUT2D eigenvalue weighted by Crippen LogP contribution is -2.22. The molecule has 0 bridgehead atoms. The smallest absolute Gasteiger partial charge is 0.172 e. The van der Waals surface area contributed by atoms with Crippen LogP contribution in [0.25, 0.3) is 0 Å². The minimum atomic E-state index is 0.0827. The van der Waals surface area contributed by atoms with Crippen LogP contribution >= 0.6 is 27.5 Å². The topological polar surface area (TPSA) is 61.8 Å². The summed E-state index contributed by atoms with van der Waals surface area (Å²) in [6, 6.07) is 13.3. The standard InChI is InChI=1S/C15H15BrClN3O/c1-20(9-10-6-7-11(16)8-13(10)17)14-5-3-2-4-12(14)15(18)19-21/h2-8,21H,9H2,1H3,(H2,18,19). The Hall–Kier alpha value is -1.72. The van der Waals surface area contributed by atoms with Crippen LogP contribution in [0, 0.1) is 0 Å². The molecule has 0 amide bonds. The Balaban J connectivity index is 2.30. The summed E-state index contributed by atoms with van der Waals surface area (Å²) in [6.07, 6.45) is 0. The first-order valence-electron chi connectivity index (χ1n) is 6.25. The number of nitrogens with zero attached hydrogens (tertiary/aromatic N) is 2. The second-order valence-electron chi connectivity index (χ2n) is 4.59. The Kier molecular flexibility index (Phi) is 5.09. The van der Waals surface area contributed by atoms with E-state index in [0.29, 0.717) is 17.1 Å². The van der Waals surface area contributed by atoms with Gasteiger partial charge in [0.15, 0.2) is 5.84 Å². The molecule has 0 spiro atoms. The normalized spacial score (nSPS) is 11.5. The van der Waals surface area contributed by atoms with Crippen LogP contribution in [0.5, 0.6) is 0 Å². The summed E-state index contributed by atoms with van der Waals surface area (Å²) in [4.78, 5) is 2.00. The van der Waals surface area contributed by atoms with E-state index in [9.17, 15) is 0 Å². The van der Waals surface area contributed by atoms with E-state index < -0.39 is 0 Å². The number of anilines is 1. The number of rotatable bonds is 4. The molecule has 0 aliphatic rings. The molecule has 0 unspecified atom stereocenters. The van der Waals surface area contributed by atoms with Crippen molar-refractivity contribution in [2.75, 3.05) is 11.9 Å². The highest BCUT2D eigenvalue weighted by Gasteiger charge is 2.12. The number of hydrogen-bond donors (Lipinski definition) is 2. The van der Waals surface area contributed by atoms with Crippen molar-refractivity contribution in [1.29, 1.82) is 0 Å². The van der Waals surface area contributed by atoms with E-state index in [-0.39, 0.29) is 5.84 Å². The maximum Gasteiger partial charge on any atom is 0.172 e. The summed E-state index contributed by atoms with van der Waals surface area (Å²) in [7, 11) is 1.93. The Morgan fingerprint density at radius 2 is 2.05 bits per heavy atom. The van der Waals surface area contributed by atoms with Crippen molar-refractivity contribution in [3.05, 3.63) is 63.1 Å². The number of amidine groups is 1. The Morgan fingerprint density at radius 3 is 2.71 bits per heavy atom. The maximum absolute atomic E-state index is 8.88. The zero-order valence-corrected chi connectivity index (χ0v) is 13.8. The average Bonchev–Trinajstić information content (AvgIpc) is 2.49. The molecular weight excluding hydrogens is 354 g/mol. The van der Waals surface area contributed by atoms with Gasteiger partial charge in [-0.1, -0.05) is 50.9 Å². The van der Waals surface area contributed by atoms with E-state index in [1.165, 1.54) is 0 Å². The minimum Gasteiger partial charge on any atom is -0.409 e. The van der Waals surface area contributed by atoms with E-state index in [1.807, 2.05) is 54.4 Å². The zero-order chi connectivity index (χ0) is 15.4. The second-order valence-corrected chi connectivity index (χ2v) is 5.92. The fourth-order valence-corrected chi connectivity index (χ4v) is 2.80. The molecule has 6 heteroatoms. The van der Waals surface area contributed by atoms with E-state index in [4.69, 9.17) is 22.5 Å². The van der Waals surface area contributed by atoms with Gasteiger partial charge in [0.25, 0.3) is 0 Å². The number of nitrogens with two attached hydrogens (primary N) is 1. The van der Waals surface area contributed by atoms with Crippen LogP contribution in [0.15, 0.2) is 52.1 Å². The highest BCUT2D eigenvalue weighted by atomic mass is 79.9. The van der Waals surface area contributed by atoms with Gasteiger partial charge in [-0.05, 0) is 29.8 Å². The average molecular weight is 369 g/mol. The third-order valence-corrected chi connectivity index (χ3v) is 3.97. The minimum absolute atomic E-state index is 0.0827. The van der Waals surface area contributed by atoms with E-state index >= 15 is 0 Å². The molecule has 110 valence electrons. The summed E-state index contributed by atoms with van der Waals surface area (Å²) >= 11 is 9.63. The molecule has 0 aliphatic carbocycles. The first kappa shape index (κ1) is 15.7. The lowest BCUT2D eigenvalue weighted by atomic mass is 10.1. The molecule has 0 radical (unpaired) electrons. The third-order valence-electron chi connectivity index (χ3n) is 3.12. The summed E-state index contributed by atoms with van der Waals surface area (Å²) < 4.78 is 0.941. The molecule has 0 aromatic heterocycles. The van der Waals surface area contributed by atoms with Crippen LogP contribution in [-0.2, 0) is 6.54 Å². The lowest BCUT2D eigenvalue weighted by molar-refractivity contribution is 0.318. The fourth-order valence-electron chi connectivity index (χ4n) is 2.07. The monoisotopic (exact) mass is 367 g/mol. The van der Waals surface area contributed by atoms with E-state index in [1.54, 1.807) is 0 Å². The molecule has 4 nitrogen and oxygen atoms in total. The fraction of sp³-hybridized carbons (Fsp3) is 0.133. The van der Waals surface area contributed by atoms with Gasteiger partial charge in [0, 0.05) is 34.3 Å². The van der Waals surface area contributed by atoms with Crippen molar-refractivity contribution in [3.63, 3.8) is 0 Å². The van der Waals surface area contributed by atoms with Crippen LogP contribution in [0.2, 0.25) is 5.02 Å². The molecule has 0 saturated heterocycles. The van der Waals surface area contributed by atoms with Crippen molar-refractivity contribution in [3.8, 4) is 0 Å². The van der Waals surface area contributed by atoms with Crippen LogP contribution < -0.4 is 10.6 Å². The number of hydrogen-bond acceptors (Lipinski definition) is 3. The summed E-state index contributed by atoms with van der Waals surface area (Å²) in [5, 5.41) is 12.6. The number of halogens is 2. The van der Waals surface area contributed by atoms with Crippen molar-refractivity contribution in [2.24, 2.45) is 10.9 Å². The molecule has 2 aromatic carbocycles. The number of oxime groups is 1. The first-order valence-corrected chi connectivity index (χ1v) is 7.42. The van der Waals surface area contributed by atoms with Crippen molar-refractivity contribution < 1.29 is 5.21 Å². The first-order chi connectivity index (χ1) is 10.0. The SMILES string of the molecule is CN(Cc1ccc(Br)cc1Cl)c1ccccc1/C(N)=N/O. The molecule has 0 atom stereocenters. The number of para-hydroxylation sites is 1. The van der Waals surface area contributed by atoms with Crippen molar-refractivity contribution in [2.45, 2.75) is 6.54 Å². The van der Waals surface area contributed by atoms with Gasteiger partial charge in [-0.15, -0.1) is 0 Å². The molecule has 0 saturated carbocycles. The molecule has 2 aromatic rings. The highest BCUT2D eigenvalue weighted by molar-refractivity contribution is 9.10. The predicted molar refractivity (Wildman–Crippen MR) is 90.2 cm³/mol. The molecule has 21 heavy (non-hydrogen) atoms. The zero-order valence-electron chi connectivity index (χ0n) is 11.4. The van der Waals surface area contributed by atoms with Crippen molar-refractivity contribution >= 4 is 39.1 Å². The summed E-state index contributed by atoms with van der Waals surface area (Å²) in [5.74, 6) is 0.0827. The van der Waals surface area contributed by atoms with Crippen LogP contribution in [0.3, 0.4) is 0 Å². The largest absolute Gasteiger partial charge is 0.409 e. The number of benzene rings is 2. The lowest BCUT2D eigenvalue weighted by Gasteiger charge is -2.22. The molecule has 0 fully saturated rings. The van der Waals surface area contributed by atoms with Crippen LogP contribution in [-0.4, -0.2) is 18.1 Å². The van der Waals surface area contributed by atoms with Gasteiger partial charge in [0.05, 0.1) is 0 Å². The van der Waals surface area contributed by atoms with Gasteiger partial charge in [-0.25, -0.2) is 0 Å². The van der Waals surface area contributed by atoms with Gasteiger partial charge in [0.2, 0.25) is 0 Å². The van der Waals surface area contributed by atoms with Gasteiger partial charge in [0.1, 0.15) is 0 Å². The third kappa shape index (κ3) is 3.68. The van der Waals surface area contributed by atoms with Gasteiger partial charge >= 0.3 is 0 Å². The Morgan fingerprint density at radius 1 is 1.33 bits per heavy atom. The van der Waals surface area contributed by atoms with Crippen LogP contribution in [0.4, 0.5) is 5.69 Å². The molecule has 0 heterocycles. The van der Waals surface area contributed by atoms with E-state index in [2.05, 4.69) is 21.1 Å². The summed E-state index contributed by atoms with van der Waals surface area (Å²) in [6.45, 7) is 0.613. The Labute approximate surface area is 136 Å². The van der Waals surface area contributed by atoms with Gasteiger partial charge in [-0.2, -0.15) is 0 Å². The summed E-state index contributed by atoms with van der Waals surface area (Å²) in [5.41, 5.74) is 8.26. The van der Waals surface area contributed by atoms with Crippen LogP contribution in [0.1, 0.15) is 11.1 Å².